The minimum atomic E-state index is -1.24. The number of carbonyl (C=O) groups excluding carboxylic acids is 3. The second kappa shape index (κ2) is 22.3. The molecule has 3 fully saturated rings. The number of likely N-dealkylation sites (N-methyl/N-ethyl adjacent to an activating group) is 1. The number of rotatable bonds is 11. The highest BCUT2D eigenvalue weighted by Gasteiger charge is 2.48. The number of aliphatic hydroxyl groups is 3. The van der Waals surface area contributed by atoms with Gasteiger partial charge in [0, 0.05) is 44.8 Å². The van der Waals surface area contributed by atoms with Crippen molar-refractivity contribution in [3.05, 3.63) is 0 Å². The van der Waals surface area contributed by atoms with Gasteiger partial charge in [-0.15, -0.1) is 0 Å². The van der Waals surface area contributed by atoms with Crippen LogP contribution in [0, 0.1) is 29.6 Å². The molecular weight excluding hydrogens is 817 g/mol. The van der Waals surface area contributed by atoms with Crippen molar-refractivity contribution >= 4 is 40.6 Å². The Labute approximate surface area is 335 Å². The number of nitrogens with zero attached hydrogens (tertiary/aromatic N) is 1. The molecular formula is C39H68INO13. The Hall–Kier alpha value is -0.860. The van der Waals surface area contributed by atoms with Crippen LogP contribution in [0.15, 0.2) is 0 Å². The number of cyclic esters (lactones) is 1. The SMILES string of the molecule is CC[C@H]1OC(=O)C[C@@H](O)[C@H](C)[C@@H](O[C@@H]2O[C@H](C)[C@@H](I)[C@H](N(C)C)[C@H]2O)[C@@H](CC=O)C[C@@H](C)C(=O)CCC(C)C[C@@H]1CO[C@@H]1O[C@H](C)[C@@H](O)[C@@H](OC)[C@H]1OC. The van der Waals surface area contributed by atoms with E-state index in [9.17, 15) is 29.7 Å². The molecule has 0 radical (unpaired) electrons. The maximum Gasteiger partial charge on any atom is 0.308 e. The van der Waals surface area contributed by atoms with E-state index in [4.69, 9.17) is 33.2 Å². The lowest BCUT2D eigenvalue weighted by Crippen LogP contribution is -2.61. The van der Waals surface area contributed by atoms with Gasteiger partial charge in [0.2, 0.25) is 0 Å². The predicted molar refractivity (Wildman–Crippen MR) is 208 cm³/mol. The number of ketones is 1. The fourth-order valence-electron chi connectivity index (χ4n) is 8.35. The Kier molecular flexibility index (Phi) is 19.7. The summed E-state index contributed by atoms with van der Waals surface area (Å²) in [4.78, 5) is 41.3. The number of methoxy groups -OCH3 is 2. The Morgan fingerprint density at radius 2 is 1.54 bits per heavy atom. The third-order valence-corrected chi connectivity index (χ3v) is 13.5. The van der Waals surface area contributed by atoms with E-state index in [2.05, 4.69) is 29.5 Å². The van der Waals surface area contributed by atoms with Crippen molar-refractivity contribution in [1.29, 1.82) is 0 Å². The Balaban J connectivity index is 1.91. The number of esters is 1. The first kappa shape index (κ1) is 47.5. The first-order valence-electron chi connectivity index (χ1n) is 19.6. The Morgan fingerprint density at radius 3 is 2.13 bits per heavy atom. The zero-order valence-electron chi connectivity index (χ0n) is 33.9. The normalized spacial score (nSPS) is 43.8. The van der Waals surface area contributed by atoms with Crippen LogP contribution in [-0.4, -0.2) is 151 Å². The number of alkyl halides is 1. The molecule has 0 bridgehead atoms. The molecule has 3 aliphatic heterocycles. The third kappa shape index (κ3) is 12.3. The van der Waals surface area contributed by atoms with Crippen LogP contribution in [0.3, 0.4) is 0 Å². The third-order valence-electron chi connectivity index (χ3n) is 11.8. The number of halogens is 1. The quantitative estimate of drug-likeness (QED) is 0.119. The van der Waals surface area contributed by atoms with Crippen LogP contribution in [0.2, 0.25) is 0 Å². The molecule has 0 saturated carbocycles. The van der Waals surface area contributed by atoms with Crippen molar-refractivity contribution in [2.45, 2.75) is 164 Å². The zero-order chi connectivity index (χ0) is 40.4. The number of aliphatic hydroxyl groups excluding tert-OH is 3. The first-order valence-corrected chi connectivity index (χ1v) is 20.9. The van der Waals surface area contributed by atoms with Gasteiger partial charge in [-0.3, -0.25) is 9.59 Å². The van der Waals surface area contributed by atoms with E-state index < -0.39 is 85.1 Å². The van der Waals surface area contributed by atoms with Crippen LogP contribution in [0.1, 0.15) is 86.5 Å². The van der Waals surface area contributed by atoms with Crippen molar-refractivity contribution in [2.24, 2.45) is 29.6 Å². The number of Topliss-reactive ketones (excluding diaryl/α,β-unsaturated/α-hetero) is 1. The van der Waals surface area contributed by atoms with Gasteiger partial charge < -0.3 is 58.2 Å². The average molecular weight is 886 g/mol. The van der Waals surface area contributed by atoms with Crippen LogP contribution < -0.4 is 0 Å². The summed E-state index contributed by atoms with van der Waals surface area (Å²) >= 11 is 2.27. The molecule has 3 aliphatic rings. The summed E-state index contributed by atoms with van der Waals surface area (Å²) in [6.07, 6.45) is -6.00. The van der Waals surface area contributed by atoms with Gasteiger partial charge >= 0.3 is 5.97 Å². The Bertz CT molecular complexity index is 1170. The van der Waals surface area contributed by atoms with Crippen LogP contribution in [0.5, 0.6) is 0 Å². The summed E-state index contributed by atoms with van der Waals surface area (Å²) in [5.74, 6) is -2.40. The molecule has 314 valence electrons. The molecule has 14 nitrogen and oxygen atoms in total. The van der Waals surface area contributed by atoms with Gasteiger partial charge in [0.15, 0.2) is 12.6 Å². The van der Waals surface area contributed by atoms with Gasteiger partial charge in [-0.25, -0.2) is 0 Å². The molecule has 1 unspecified atom stereocenters. The summed E-state index contributed by atoms with van der Waals surface area (Å²) in [5.41, 5.74) is 0. The zero-order valence-corrected chi connectivity index (χ0v) is 36.0. The lowest BCUT2D eigenvalue weighted by atomic mass is 9.79. The molecule has 54 heavy (non-hydrogen) atoms. The summed E-state index contributed by atoms with van der Waals surface area (Å²) < 4.78 is 42.3. The first-order chi connectivity index (χ1) is 25.5. The van der Waals surface area contributed by atoms with Gasteiger partial charge in [0.05, 0.1) is 47.4 Å². The number of hydrogen-bond donors (Lipinski definition) is 3. The summed E-state index contributed by atoms with van der Waals surface area (Å²) in [5, 5.41) is 33.7. The van der Waals surface area contributed by atoms with E-state index in [0.717, 1.165) is 6.29 Å². The molecule has 3 heterocycles. The molecule has 0 spiro atoms. The Morgan fingerprint density at radius 1 is 0.889 bits per heavy atom. The van der Waals surface area contributed by atoms with E-state index in [0.29, 0.717) is 32.1 Å². The van der Waals surface area contributed by atoms with Gasteiger partial charge in [-0.05, 0) is 65.5 Å². The smallest absolute Gasteiger partial charge is 0.308 e. The van der Waals surface area contributed by atoms with E-state index >= 15 is 0 Å². The highest BCUT2D eigenvalue weighted by Crippen LogP contribution is 2.37. The fraction of sp³-hybridized carbons (Fsp3) is 0.923. The van der Waals surface area contributed by atoms with Crippen molar-refractivity contribution < 1.29 is 62.9 Å². The highest BCUT2D eigenvalue weighted by molar-refractivity contribution is 14.1. The number of hydrogen-bond acceptors (Lipinski definition) is 14. The van der Waals surface area contributed by atoms with Crippen LogP contribution in [0.4, 0.5) is 0 Å². The van der Waals surface area contributed by atoms with E-state index in [1.165, 1.54) is 14.2 Å². The van der Waals surface area contributed by atoms with Crippen molar-refractivity contribution in [1.82, 2.24) is 4.90 Å². The molecule has 0 aliphatic carbocycles. The second-order valence-electron chi connectivity index (χ2n) is 16.1. The predicted octanol–water partition coefficient (Wildman–Crippen LogP) is 3.31. The van der Waals surface area contributed by atoms with Crippen LogP contribution in [0.25, 0.3) is 0 Å². The molecule has 0 aromatic heterocycles. The molecule has 0 aromatic carbocycles. The van der Waals surface area contributed by atoms with Crippen molar-refractivity contribution in [3.8, 4) is 0 Å². The monoisotopic (exact) mass is 885 g/mol. The average Bonchev–Trinajstić information content (AvgIpc) is 3.12. The van der Waals surface area contributed by atoms with Gasteiger partial charge in [-0.2, -0.15) is 0 Å². The highest BCUT2D eigenvalue weighted by atomic mass is 127. The number of carbonyl (C=O) groups is 3. The topological polar surface area (TPSA) is 180 Å². The molecule has 3 rings (SSSR count). The summed E-state index contributed by atoms with van der Waals surface area (Å²) in [6, 6.07) is -0.294. The second-order valence-corrected chi connectivity index (χ2v) is 17.5. The molecule has 15 heteroatoms. The van der Waals surface area contributed by atoms with Crippen LogP contribution >= 0.6 is 22.6 Å². The van der Waals surface area contributed by atoms with Crippen molar-refractivity contribution in [3.63, 3.8) is 0 Å². The molecule has 0 aromatic rings. The standard InChI is InChI=1S/C39H68INO13/c1-11-29-26(19-50-39-37(49-10)36(48-9)33(46)24(6)52-39)16-20(2)12-13-27(43)21(3)17-25(14-15-42)35(22(4)28(44)18-30(45)53-29)54-38-34(47)32(41(7)8)31(40)23(5)51-38/h15,20-26,28-29,31-39,44,46-47H,11-14,16-19H2,1-10H3/t20?,21-,22+,23-,24-,25+,26-,28-,29-,31-,32+,33-,34-,35-,36-,37-,38+,39-/m1/s1. The van der Waals surface area contributed by atoms with Gasteiger partial charge in [-0.1, -0.05) is 50.3 Å². The molecule has 3 saturated heterocycles. The minimum Gasteiger partial charge on any atom is -0.462 e. The minimum absolute atomic E-state index is 0.0379. The maximum absolute atomic E-state index is 13.7. The number of ether oxygens (including phenoxy) is 7. The van der Waals surface area contributed by atoms with Crippen LogP contribution in [-0.2, 0) is 47.5 Å². The van der Waals surface area contributed by atoms with E-state index in [1.54, 1.807) is 13.8 Å². The number of aldehydes is 1. The van der Waals surface area contributed by atoms with E-state index in [1.807, 2.05) is 39.8 Å². The van der Waals surface area contributed by atoms with E-state index in [-0.39, 0.29) is 53.1 Å². The lowest BCUT2D eigenvalue weighted by Gasteiger charge is -2.46. The molecule has 3 N–H and O–H groups in total. The largest absolute Gasteiger partial charge is 0.462 e. The van der Waals surface area contributed by atoms with Gasteiger partial charge in [0.1, 0.15) is 42.6 Å². The van der Waals surface area contributed by atoms with Gasteiger partial charge in [0.25, 0.3) is 0 Å². The summed E-state index contributed by atoms with van der Waals surface area (Å²) in [6.45, 7) is 11.4. The maximum atomic E-state index is 13.7. The summed E-state index contributed by atoms with van der Waals surface area (Å²) in [7, 11) is 6.75. The lowest BCUT2D eigenvalue weighted by molar-refractivity contribution is -0.305. The molecule has 0 amide bonds. The van der Waals surface area contributed by atoms with Crippen molar-refractivity contribution in [2.75, 3.05) is 34.9 Å². The fourth-order valence-corrected chi connectivity index (χ4v) is 9.59. The molecule has 18 atom stereocenters.